The predicted octanol–water partition coefficient (Wildman–Crippen LogP) is 2.47. The van der Waals surface area contributed by atoms with Crippen LogP contribution in [-0.2, 0) is 11.3 Å². The molecule has 2 heterocycles. The third kappa shape index (κ3) is 4.71. The van der Waals surface area contributed by atoms with Crippen molar-refractivity contribution in [1.29, 1.82) is 0 Å². The summed E-state index contributed by atoms with van der Waals surface area (Å²) in [5.74, 6) is 0. The Kier molecular flexibility index (Phi) is 6.10. The summed E-state index contributed by atoms with van der Waals surface area (Å²) in [6.45, 7) is 4.86. The van der Waals surface area contributed by atoms with Crippen molar-refractivity contribution >= 4 is 6.03 Å². The lowest BCUT2D eigenvalue weighted by atomic mass is 10.0. The Bertz CT molecular complexity index is 507. The predicted molar refractivity (Wildman–Crippen MR) is 94.9 cm³/mol. The van der Waals surface area contributed by atoms with Crippen molar-refractivity contribution in [2.24, 2.45) is 0 Å². The van der Waals surface area contributed by atoms with Crippen LogP contribution in [0.25, 0.3) is 0 Å². The Balaban J connectivity index is 1.36. The van der Waals surface area contributed by atoms with Gasteiger partial charge in [-0.3, -0.25) is 4.90 Å². The van der Waals surface area contributed by atoms with Crippen molar-refractivity contribution in [3.63, 3.8) is 0 Å². The van der Waals surface area contributed by atoms with Crippen molar-refractivity contribution in [3.8, 4) is 0 Å². The number of piperidine rings is 2. The highest BCUT2D eigenvalue weighted by Gasteiger charge is 2.27. The van der Waals surface area contributed by atoms with Crippen molar-refractivity contribution < 1.29 is 9.53 Å². The first-order chi connectivity index (χ1) is 11.7. The Morgan fingerprint density at radius 3 is 2.21 bits per heavy atom. The lowest BCUT2D eigenvalue weighted by molar-refractivity contribution is -0.0619. The van der Waals surface area contributed by atoms with Gasteiger partial charge in [-0.2, -0.15) is 0 Å². The molecular formula is C19H29N3O2. The van der Waals surface area contributed by atoms with Gasteiger partial charge in [0.25, 0.3) is 0 Å². The quantitative estimate of drug-likeness (QED) is 0.922. The van der Waals surface area contributed by atoms with Gasteiger partial charge in [-0.1, -0.05) is 30.3 Å². The number of rotatable bonds is 4. The molecule has 24 heavy (non-hydrogen) atoms. The number of urea groups is 1. The van der Waals surface area contributed by atoms with Gasteiger partial charge in [0, 0.05) is 39.8 Å². The number of likely N-dealkylation sites (tertiary alicyclic amines) is 2. The van der Waals surface area contributed by atoms with Gasteiger partial charge in [-0.05, 0) is 31.2 Å². The number of amides is 2. The maximum atomic E-state index is 11.6. The zero-order valence-corrected chi connectivity index (χ0v) is 14.6. The third-order valence-corrected chi connectivity index (χ3v) is 5.11. The van der Waals surface area contributed by atoms with Gasteiger partial charge >= 0.3 is 6.03 Å². The molecule has 0 radical (unpaired) electrons. The van der Waals surface area contributed by atoms with Crippen molar-refractivity contribution in [2.75, 3.05) is 33.2 Å². The topological polar surface area (TPSA) is 44.8 Å². The molecule has 0 atom stereocenters. The zero-order valence-electron chi connectivity index (χ0n) is 14.6. The van der Waals surface area contributed by atoms with E-state index in [0.717, 1.165) is 58.4 Å². The average molecular weight is 331 g/mol. The van der Waals surface area contributed by atoms with Crippen molar-refractivity contribution in [3.05, 3.63) is 35.9 Å². The van der Waals surface area contributed by atoms with Crippen LogP contribution < -0.4 is 5.32 Å². The molecule has 0 bridgehead atoms. The minimum Gasteiger partial charge on any atom is -0.375 e. The molecule has 2 aliphatic heterocycles. The van der Waals surface area contributed by atoms with Gasteiger partial charge < -0.3 is 15.0 Å². The van der Waals surface area contributed by atoms with E-state index >= 15 is 0 Å². The Labute approximate surface area is 145 Å². The number of hydrogen-bond donors (Lipinski definition) is 1. The second-order valence-corrected chi connectivity index (χ2v) is 6.84. The fourth-order valence-electron chi connectivity index (χ4n) is 3.67. The van der Waals surface area contributed by atoms with Gasteiger partial charge in [0.15, 0.2) is 0 Å². The van der Waals surface area contributed by atoms with Crippen LogP contribution >= 0.6 is 0 Å². The van der Waals surface area contributed by atoms with E-state index in [1.54, 1.807) is 7.05 Å². The van der Waals surface area contributed by atoms with Gasteiger partial charge in [-0.25, -0.2) is 4.79 Å². The number of ether oxygens (including phenoxy) is 1. The first kappa shape index (κ1) is 17.2. The standard InChI is InChI=1S/C19H29N3O2/c1-20-19(23)22-13-9-18(10-14-22)24-17-7-11-21(12-8-17)15-16-5-3-2-4-6-16/h2-6,17-18H,7-15H2,1H3,(H,20,23). The van der Waals surface area contributed by atoms with E-state index in [1.165, 1.54) is 5.56 Å². The molecule has 132 valence electrons. The molecule has 5 nitrogen and oxygen atoms in total. The summed E-state index contributed by atoms with van der Waals surface area (Å²) in [5.41, 5.74) is 1.39. The van der Waals surface area contributed by atoms with E-state index in [1.807, 2.05) is 4.90 Å². The molecule has 1 N–H and O–H groups in total. The molecule has 0 aromatic heterocycles. The van der Waals surface area contributed by atoms with Crippen LogP contribution in [0, 0.1) is 0 Å². The lowest BCUT2D eigenvalue weighted by Crippen LogP contribution is -2.46. The molecule has 1 aromatic rings. The van der Waals surface area contributed by atoms with Gasteiger partial charge in [0.2, 0.25) is 0 Å². The lowest BCUT2D eigenvalue weighted by Gasteiger charge is -2.37. The molecule has 5 heteroatoms. The van der Waals surface area contributed by atoms with E-state index in [4.69, 9.17) is 4.74 Å². The van der Waals surface area contributed by atoms with Gasteiger partial charge in [0.05, 0.1) is 12.2 Å². The summed E-state index contributed by atoms with van der Waals surface area (Å²) in [6.07, 6.45) is 4.84. The molecule has 2 aliphatic rings. The Hall–Kier alpha value is -1.59. The molecule has 0 saturated carbocycles. The van der Waals surface area contributed by atoms with Crippen LogP contribution in [0.1, 0.15) is 31.2 Å². The fourth-order valence-corrected chi connectivity index (χ4v) is 3.67. The number of hydrogen-bond acceptors (Lipinski definition) is 3. The molecule has 0 spiro atoms. The average Bonchev–Trinajstić information content (AvgIpc) is 2.64. The van der Waals surface area contributed by atoms with Crippen LogP contribution in [0.5, 0.6) is 0 Å². The van der Waals surface area contributed by atoms with E-state index in [2.05, 4.69) is 40.5 Å². The number of nitrogens with one attached hydrogen (secondary N) is 1. The first-order valence-electron chi connectivity index (χ1n) is 9.13. The number of carbonyl (C=O) groups excluding carboxylic acids is 1. The highest BCUT2D eigenvalue weighted by atomic mass is 16.5. The molecule has 2 amide bonds. The van der Waals surface area contributed by atoms with Crippen LogP contribution in [0.2, 0.25) is 0 Å². The van der Waals surface area contributed by atoms with Gasteiger partial charge in [0.1, 0.15) is 0 Å². The maximum Gasteiger partial charge on any atom is 0.317 e. The third-order valence-electron chi connectivity index (χ3n) is 5.11. The molecular weight excluding hydrogens is 302 g/mol. The molecule has 1 aromatic carbocycles. The zero-order chi connectivity index (χ0) is 16.8. The van der Waals surface area contributed by atoms with E-state index in [9.17, 15) is 4.79 Å². The Morgan fingerprint density at radius 2 is 1.62 bits per heavy atom. The smallest absolute Gasteiger partial charge is 0.317 e. The molecule has 2 saturated heterocycles. The van der Waals surface area contributed by atoms with E-state index in [-0.39, 0.29) is 6.03 Å². The van der Waals surface area contributed by atoms with Crippen molar-refractivity contribution in [1.82, 2.24) is 15.1 Å². The SMILES string of the molecule is CNC(=O)N1CCC(OC2CCN(Cc3ccccc3)CC2)CC1. The van der Waals surface area contributed by atoms with E-state index in [0.29, 0.717) is 12.2 Å². The summed E-state index contributed by atoms with van der Waals surface area (Å²) in [7, 11) is 1.69. The van der Waals surface area contributed by atoms with E-state index < -0.39 is 0 Å². The minimum absolute atomic E-state index is 0.0303. The highest BCUT2D eigenvalue weighted by molar-refractivity contribution is 5.73. The Morgan fingerprint density at radius 1 is 1.04 bits per heavy atom. The summed E-state index contributed by atoms with van der Waals surface area (Å²) < 4.78 is 6.31. The largest absolute Gasteiger partial charge is 0.375 e. The molecule has 0 unspecified atom stereocenters. The van der Waals surface area contributed by atoms with Gasteiger partial charge in [-0.15, -0.1) is 0 Å². The summed E-state index contributed by atoms with van der Waals surface area (Å²) in [4.78, 5) is 16.0. The normalized spacial score (nSPS) is 21.0. The second-order valence-electron chi connectivity index (χ2n) is 6.84. The van der Waals surface area contributed by atoms with Crippen molar-refractivity contribution in [2.45, 2.75) is 44.4 Å². The molecule has 2 fully saturated rings. The van der Waals surface area contributed by atoms with Crippen LogP contribution in [0.4, 0.5) is 4.79 Å². The fraction of sp³-hybridized carbons (Fsp3) is 0.632. The maximum absolute atomic E-state index is 11.6. The van der Waals surface area contributed by atoms with Crippen LogP contribution in [-0.4, -0.2) is 61.3 Å². The number of carbonyl (C=O) groups is 1. The number of nitrogens with zero attached hydrogens (tertiary/aromatic N) is 2. The molecule has 0 aliphatic carbocycles. The van der Waals surface area contributed by atoms with Crippen LogP contribution in [0.15, 0.2) is 30.3 Å². The summed E-state index contributed by atoms with van der Waals surface area (Å²) in [5, 5.41) is 2.70. The highest BCUT2D eigenvalue weighted by Crippen LogP contribution is 2.22. The summed E-state index contributed by atoms with van der Waals surface area (Å²) in [6, 6.07) is 10.7. The monoisotopic (exact) mass is 331 g/mol. The molecule has 3 rings (SSSR count). The first-order valence-corrected chi connectivity index (χ1v) is 9.13. The van der Waals surface area contributed by atoms with Crippen LogP contribution in [0.3, 0.4) is 0 Å². The summed E-state index contributed by atoms with van der Waals surface area (Å²) >= 11 is 0. The number of benzene rings is 1. The minimum atomic E-state index is 0.0303. The second kappa shape index (κ2) is 8.49.